The van der Waals surface area contributed by atoms with Gasteiger partial charge in [0.1, 0.15) is 0 Å². The van der Waals surface area contributed by atoms with Crippen LogP contribution in [0, 0.1) is 6.92 Å². The van der Waals surface area contributed by atoms with Gasteiger partial charge in [-0.15, -0.1) is 11.8 Å². The lowest BCUT2D eigenvalue weighted by molar-refractivity contribution is -0.127. The molecule has 0 saturated heterocycles. The molecule has 0 aliphatic carbocycles. The van der Waals surface area contributed by atoms with Crippen molar-refractivity contribution >= 4 is 29.4 Å². The monoisotopic (exact) mass is 356 g/mol. The second-order valence-corrected chi connectivity index (χ2v) is 6.54. The number of thioether (sulfide) groups is 1. The van der Waals surface area contributed by atoms with E-state index in [2.05, 4.69) is 10.9 Å². The summed E-state index contributed by atoms with van der Waals surface area (Å²) in [5, 5.41) is 0. The average molecular weight is 356 g/mol. The topological polar surface area (TPSA) is 75.3 Å². The van der Waals surface area contributed by atoms with E-state index in [1.54, 1.807) is 24.3 Å². The summed E-state index contributed by atoms with van der Waals surface area (Å²) in [6.45, 7) is 2.00. The van der Waals surface area contributed by atoms with Crippen molar-refractivity contribution in [2.24, 2.45) is 0 Å². The maximum atomic E-state index is 11.9. The van der Waals surface area contributed by atoms with Gasteiger partial charge in [-0.3, -0.25) is 25.2 Å². The molecule has 2 amide bonds. The first-order valence-electron chi connectivity index (χ1n) is 7.90. The molecule has 0 saturated carbocycles. The minimum atomic E-state index is -0.391. The largest absolute Gasteiger partial charge is 0.294 e. The molecule has 0 spiro atoms. The second kappa shape index (κ2) is 9.64. The van der Waals surface area contributed by atoms with Gasteiger partial charge in [-0.05, 0) is 19.1 Å². The number of aryl methyl sites for hydroxylation is 1. The van der Waals surface area contributed by atoms with Gasteiger partial charge in [0, 0.05) is 23.3 Å². The number of ketones is 1. The standard InChI is InChI=1S/C19H20N2O3S/c1-14-7-9-16(10-8-14)25-13-19(24)21-20-18(23)12-11-17(22)15-5-3-2-4-6-15/h2-10H,11-13H2,1H3,(H,20,23)(H,21,24). The molecule has 2 rings (SSSR count). The SMILES string of the molecule is Cc1ccc(SCC(=O)NNC(=O)CCC(=O)c2ccccc2)cc1. The third kappa shape index (κ3) is 6.81. The zero-order valence-corrected chi connectivity index (χ0v) is 14.8. The third-order valence-corrected chi connectivity index (χ3v) is 4.42. The molecule has 0 aliphatic heterocycles. The van der Waals surface area contributed by atoms with E-state index in [1.165, 1.54) is 11.8 Å². The van der Waals surface area contributed by atoms with Crippen LogP contribution in [0.3, 0.4) is 0 Å². The molecule has 0 atom stereocenters. The van der Waals surface area contributed by atoms with Crippen molar-refractivity contribution in [3.63, 3.8) is 0 Å². The number of hydrogen-bond acceptors (Lipinski definition) is 4. The number of hydrazine groups is 1. The summed E-state index contributed by atoms with van der Waals surface area (Å²) in [4.78, 5) is 36.3. The van der Waals surface area contributed by atoms with E-state index in [9.17, 15) is 14.4 Å². The summed E-state index contributed by atoms with van der Waals surface area (Å²) in [5.74, 6) is -0.588. The number of Topliss-reactive ketones (excluding diaryl/α,β-unsaturated/α-hetero) is 1. The van der Waals surface area contributed by atoms with Crippen LogP contribution in [0.5, 0.6) is 0 Å². The number of hydrogen-bond donors (Lipinski definition) is 2. The Balaban J connectivity index is 1.64. The molecule has 2 N–H and O–H groups in total. The molecule has 0 aliphatic rings. The van der Waals surface area contributed by atoms with Crippen molar-refractivity contribution in [2.45, 2.75) is 24.7 Å². The molecule has 2 aromatic rings. The highest BCUT2D eigenvalue weighted by Gasteiger charge is 2.10. The van der Waals surface area contributed by atoms with E-state index >= 15 is 0 Å². The first-order chi connectivity index (χ1) is 12.0. The van der Waals surface area contributed by atoms with Crippen molar-refractivity contribution in [1.29, 1.82) is 0 Å². The fourth-order valence-corrected chi connectivity index (χ4v) is 2.72. The van der Waals surface area contributed by atoms with Gasteiger partial charge in [0.25, 0.3) is 0 Å². The van der Waals surface area contributed by atoms with E-state index < -0.39 is 5.91 Å². The summed E-state index contributed by atoms with van der Waals surface area (Å²) < 4.78 is 0. The molecule has 6 heteroatoms. The molecule has 0 fully saturated rings. The van der Waals surface area contributed by atoms with Gasteiger partial charge in [0.05, 0.1) is 5.75 Å². The van der Waals surface area contributed by atoms with Crippen molar-refractivity contribution < 1.29 is 14.4 Å². The molecule has 5 nitrogen and oxygen atoms in total. The Bertz CT molecular complexity index is 730. The van der Waals surface area contributed by atoms with Crippen molar-refractivity contribution in [1.82, 2.24) is 10.9 Å². The molecule has 0 radical (unpaired) electrons. The van der Waals surface area contributed by atoms with Crippen molar-refractivity contribution in [2.75, 3.05) is 5.75 Å². The molecule has 0 unspecified atom stereocenters. The van der Waals surface area contributed by atoms with Crippen LogP contribution in [0.4, 0.5) is 0 Å². The highest BCUT2D eigenvalue weighted by Crippen LogP contribution is 2.17. The van der Waals surface area contributed by atoms with Gasteiger partial charge < -0.3 is 0 Å². The van der Waals surface area contributed by atoms with Crippen LogP contribution in [0.1, 0.15) is 28.8 Å². The minimum absolute atomic E-state index is 0.0269. The predicted molar refractivity (Wildman–Crippen MR) is 98.2 cm³/mol. The van der Waals surface area contributed by atoms with Crippen molar-refractivity contribution in [3.05, 3.63) is 65.7 Å². The van der Waals surface area contributed by atoms with Crippen LogP contribution >= 0.6 is 11.8 Å². The number of amides is 2. The number of nitrogens with one attached hydrogen (secondary N) is 2. The summed E-state index contributed by atoms with van der Waals surface area (Å²) in [5.41, 5.74) is 6.42. The third-order valence-electron chi connectivity index (χ3n) is 3.41. The van der Waals surface area contributed by atoms with E-state index in [0.29, 0.717) is 5.56 Å². The average Bonchev–Trinajstić information content (AvgIpc) is 2.64. The lowest BCUT2D eigenvalue weighted by Crippen LogP contribution is -2.42. The van der Waals surface area contributed by atoms with Crippen LogP contribution in [0.25, 0.3) is 0 Å². The Kier molecular flexibility index (Phi) is 7.22. The first-order valence-corrected chi connectivity index (χ1v) is 8.88. The second-order valence-electron chi connectivity index (χ2n) is 5.49. The minimum Gasteiger partial charge on any atom is -0.294 e. The van der Waals surface area contributed by atoms with Crippen LogP contribution in [-0.4, -0.2) is 23.4 Å². The van der Waals surface area contributed by atoms with Gasteiger partial charge >= 0.3 is 0 Å². The Labute approximate surface area is 151 Å². The van der Waals surface area contributed by atoms with Gasteiger partial charge in [0.15, 0.2) is 5.78 Å². The summed E-state index contributed by atoms with van der Waals surface area (Å²) in [6.07, 6.45) is 0.128. The fraction of sp³-hybridized carbons (Fsp3) is 0.211. The van der Waals surface area contributed by atoms with Crippen molar-refractivity contribution in [3.8, 4) is 0 Å². The van der Waals surface area contributed by atoms with Crippen LogP contribution in [0.15, 0.2) is 59.5 Å². The Morgan fingerprint density at radius 3 is 2.16 bits per heavy atom. The van der Waals surface area contributed by atoms with E-state index in [0.717, 1.165) is 10.5 Å². The molecule has 130 valence electrons. The summed E-state index contributed by atoms with van der Waals surface area (Å²) in [7, 11) is 0. The van der Waals surface area contributed by atoms with Gasteiger partial charge in [-0.25, -0.2) is 0 Å². The zero-order valence-electron chi connectivity index (χ0n) is 14.0. The lowest BCUT2D eigenvalue weighted by atomic mass is 10.1. The highest BCUT2D eigenvalue weighted by atomic mass is 32.2. The Morgan fingerprint density at radius 2 is 1.48 bits per heavy atom. The van der Waals surface area contributed by atoms with Gasteiger partial charge in [-0.1, -0.05) is 48.0 Å². The Hall–Kier alpha value is -2.60. The molecule has 0 heterocycles. The van der Waals surface area contributed by atoms with E-state index in [4.69, 9.17) is 0 Å². The zero-order chi connectivity index (χ0) is 18.1. The molecule has 2 aromatic carbocycles. The van der Waals surface area contributed by atoms with Crippen LogP contribution in [0.2, 0.25) is 0 Å². The van der Waals surface area contributed by atoms with E-state index in [-0.39, 0.29) is 30.3 Å². The van der Waals surface area contributed by atoms with Crippen LogP contribution in [-0.2, 0) is 9.59 Å². The molecular weight excluding hydrogens is 336 g/mol. The Morgan fingerprint density at radius 1 is 0.840 bits per heavy atom. The van der Waals surface area contributed by atoms with Gasteiger partial charge in [-0.2, -0.15) is 0 Å². The molecule has 0 bridgehead atoms. The summed E-state index contributed by atoms with van der Waals surface area (Å²) in [6, 6.07) is 16.7. The first kappa shape index (κ1) is 18.7. The predicted octanol–water partition coefficient (Wildman–Crippen LogP) is 2.90. The molecular formula is C19H20N2O3S. The van der Waals surface area contributed by atoms with E-state index in [1.807, 2.05) is 37.3 Å². The number of carbonyl (C=O) groups is 3. The molecule has 0 aromatic heterocycles. The normalized spacial score (nSPS) is 10.1. The maximum absolute atomic E-state index is 11.9. The smallest absolute Gasteiger partial charge is 0.248 e. The lowest BCUT2D eigenvalue weighted by Gasteiger charge is -2.07. The maximum Gasteiger partial charge on any atom is 0.248 e. The highest BCUT2D eigenvalue weighted by molar-refractivity contribution is 8.00. The number of carbonyl (C=O) groups excluding carboxylic acids is 3. The quantitative estimate of drug-likeness (QED) is 0.454. The molecule has 25 heavy (non-hydrogen) atoms. The number of rotatable bonds is 7. The fourth-order valence-electron chi connectivity index (χ4n) is 2.02. The summed E-state index contributed by atoms with van der Waals surface area (Å²) >= 11 is 1.39. The number of benzene rings is 2. The van der Waals surface area contributed by atoms with Gasteiger partial charge in [0.2, 0.25) is 11.8 Å². The van der Waals surface area contributed by atoms with Crippen LogP contribution < -0.4 is 10.9 Å².